The standard InChI is InChI=1S/C46H70O3/c1-3-5-6-7-8-9-10-11-12-13-14-16-19-25-30-35-40-45(48)41-36-31-26-20-17-15-18-21-27-32-37-42-46(49)43-38-33-28-23-22-24-29-34-39-44(47)4-2/h1-2,5-6,15,17,34,36,39,41,44-49H,7-14,16,18-33,35,40H2/b6-5-,17-15-,39-34+,41-36+/t44-,45?,46+/m0/s1. The second-order valence-corrected chi connectivity index (χ2v) is 13.1. The monoisotopic (exact) mass is 671 g/mol. The molecule has 0 saturated heterocycles. The van der Waals surface area contributed by atoms with Gasteiger partial charge >= 0.3 is 0 Å². The molecular formula is C46H70O3. The van der Waals surface area contributed by atoms with Gasteiger partial charge in [-0.2, -0.15) is 0 Å². The number of hydrogen-bond donors (Lipinski definition) is 3. The van der Waals surface area contributed by atoms with Crippen molar-refractivity contribution in [1.29, 1.82) is 0 Å². The molecule has 3 atom stereocenters. The zero-order valence-electron chi connectivity index (χ0n) is 30.9. The van der Waals surface area contributed by atoms with Gasteiger partial charge in [-0.05, 0) is 89.2 Å². The Morgan fingerprint density at radius 3 is 1.47 bits per heavy atom. The third-order valence-electron chi connectivity index (χ3n) is 8.41. The van der Waals surface area contributed by atoms with Crippen LogP contribution in [0.4, 0.5) is 0 Å². The van der Waals surface area contributed by atoms with Gasteiger partial charge in [0.05, 0.1) is 6.10 Å². The Hall–Kier alpha value is -2.92. The second kappa shape index (κ2) is 39.5. The van der Waals surface area contributed by atoms with Crippen molar-refractivity contribution in [2.24, 2.45) is 0 Å². The zero-order valence-corrected chi connectivity index (χ0v) is 30.9. The predicted molar refractivity (Wildman–Crippen MR) is 212 cm³/mol. The molecule has 1 unspecified atom stereocenters. The highest BCUT2D eigenvalue weighted by atomic mass is 16.3. The van der Waals surface area contributed by atoms with Crippen LogP contribution >= 0.6 is 0 Å². The molecule has 3 heteroatoms. The third kappa shape index (κ3) is 39.4. The second-order valence-electron chi connectivity index (χ2n) is 13.1. The van der Waals surface area contributed by atoms with Gasteiger partial charge in [0.15, 0.2) is 6.10 Å². The lowest BCUT2D eigenvalue weighted by Gasteiger charge is -2.06. The minimum atomic E-state index is -0.850. The van der Waals surface area contributed by atoms with E-state index in [-0.39, 0.29) is 6.10 Å². The van der Waals surface area contributed by atoms with E-state index in [0.29, 0.717) is 0 Å². The van der Waals surface area contributed by atoms with E-state index >= 15 is 0 Å². The molecule has 0 aliphatic heterocycles. The molecule has 0 aromatic carbocycles. The van der Waals surface area contributed by atoms with E-state index in [1.54, 1.807) is 6.08 Å². The predicted octanol–water partition coefficient (Wildman–Crippen LogP) is 11.1. The number of unbranched alkanes of at least 4 members (excludes halogenated alkanes) is 22. The van der Waals surface area contributed by atoms with Crippen molar-refractivity contribution < 1.29 is 15.3 Å². The summed E-state index contributed by atoms with van der Waals surface area (Å²) in [5.74, 6) is 16.6. The Kier molecular flexibility index (Phi) is 37.2. The lowest BCUT2D eigenvalue weighted by Crippen LogP contribution is -2.01. The maximum atomic E-state index is 10.2. The van der Waals surface area contributed by atoms with Crippen molar-refractivity contribution in [3.63, 3.8) is 0 Å². The molecule has 0 spiro atoms. The number of hydrogen-bond acceptors (Lipinski definition) is 3. The van der Waals surface area contributed by atoms with E-state index in [1.165, 1.54) is 70.6 Å². The number of rotatable bonds is 31. The smallest absolute Gasteiger partial charge is 0.176 e. The lowest BCUT2D eigenvalue weighted by atomic mass is 10.0. The Morgan fingerprint density at radius 2 is 0.878 bits per heavy atom. The van der Waals surface area contributed by atoms with Gasteiger partial charge in [-0.25, -0.2) is 0 Å². The van der Waals surface area contributed by atoms with E-state index in [1.807, 2.05) is 18.2 Å². The molecule has 0 rings (SSSR count). The van der Waals surface area contributed by atoms with Crippen LogP contribution in [0.15, 0.2) is 48.6 Å². The minimum Gasteiger partial charge on any atom is -0.389 e. The third-order valence-corrected chi connectivity index (χ3v) is 8.41. The van der Waals surface area contributed by atoms with Crippen LogP contribution < -0.4 is 0 Å². The van der Waals surface area contributed by atoms with E-state index in [4.69, 9.17) is 12.8 Å². The normalized spacial score (nSPS) is 13.2. The maximum Gasteiger partial charge on any atom is 0.176 e. The van der Waals surface area contributed by atoms with Crippen LogP contribution in [-0.2, 0) is 0 Å². The Morgan fingerprint density at radius 1 is 0.449 bits per heavy atom. The van der Waals surface area contributed by atoms with Crippen LogP contribution in [0.2, 0.25) is 0 Å². The van der Waals surface area contributed by atoms with Crippen LogP contribution in [0.25, 0.3) is 0 Å². The van der Waals surface area contributed by atoms with E-state index in [9.17, 15) is 15.3 Å². The van der Waals surface area contributed by atoms with E-state index < -0.39 is 12.2 Å². The number of terminal acetylenes is 2. The molecule has 0 bridgehead atoms. The summed E-state index contributed by atoms with van der Waals surface area (Å²) in [5.41, 5.74) is 0. The average Bonchev–Trinajstić information content (AvgIpc) is 3.10. The van der Waals surface area contributed by atoms with Gasteiger partial charge in [0.2, 0.25) is 0 Å². The number of allylic oxidation sites excluding steroid dienone is 6. The topological polar surface area (TPSA) is 60.7 Å². The average molecular weight is 671 g/mol. The largest absolute Gasteiger partial charge is 0.389 e. The molecule has 0 radical (unpaired) electrons. The van der Waals surface area contributed by atoms with Crippen LogP contribution in [0, 0.1) is 48.4 Å². The summed E-state index contributed by atoms with van der Waals surface area (Å²) in [4.78, 5) is 0. The number of aliphatic hydroxyl groups excluding tert-OH is 3. The van der Waals surface area contributed by atoms with Gasteiger partial charge in [0.1, 0.15) is 6.10 Å². The van der Waals surface area contributed by atoms with Gasteiger partial charge in [-0.15, -0.1) is 12.8 Å². The van der Waals surface area contributed by atoms with E-state index in [0.717, 1.165) is 103 Å². The number of aliphatic hydroxyl groups is 3. The zero-order chi connectivity index (χ0) is 35.7. The summed E-state index contributed by atoms with van der Waals surface area (Å²) in [6.45, 7) is 0. The van der Waals surface area contributed by atoms with Crippen molar-refractivity contribution in [1.82, 2.24) is 0 Å². The molecule has 0 aromatic rings. The fourth-order valence-corrected chi connectivity index (χ4v) is 5.43. The summed E-state index contributed by atoms with van der Waals surface area (Å²) in [6, 6.07) is 0. The summed E-state index contributed by atoms with van der Waals surface area (Å²) < 4.78 is 0. The highest BCUT2D eigenvalue weighted by Crippen LogP contribution is 2.14. The SMILES string of the molecule is C#C/C=C\CCCCCCCCCCCCCCC(O)/C=C/CCC/C=C\CCCCC#C[C@@H](O)C#CCCCCCC/C=C/[C@@H](O)C#C. The first kappa shape index (κ1) is 46.1. The Balaban J connectivity index is 3.51. The molecule has 3 nitrogen and oxygen atoms in total. The van der Waals surface area contributed by atoms with Gasteiger partial charge in [-0.1, -0.05) is 155 Å². The lowest BCUT2D eigenvalue weighted by molar-refractivity contribution is 0.207. The highest BCUT2D eigenvalue weighted by molar-refractivity contribution is 5.19. The maximum absolute atomic E-state index is 10.2. The van der Waals surface area contributed by atoms with Gasteiger partial charge in [0, 0.05) is 12.8 Å². The fraction of sp³-hybridized carbons (Fsp3) is 0.652. The first-order chi connectivity index (χ1) is 24.1. The quantitative estimate of drug-likeness (QED) is 0.0391. The van der Waals surface area contributed by atoms with Crippen LogP contribution in [0.1, 0.15) is 173 Å². The highest BCUT2D eigenvalue weighted by Gasteiger charge is 1.99. The Bertz CT molecular complexity index is 1060. The first-order valence-electron chi connectivity index (χ1n) is 19.7. The first-order valence-corrected chi connectivity index (χ1v) is 19.7. The van der Waals surface area contributed by atoms with Crippen LogP contribution in [0.3, 0.4) is 0 Å². The molecule has 0 aliphatic carbocycles. The Labute approximate surface area is 303 Å². The van der Waals surface area contributed by atoms with Gasteiger partial charge in [-0.3, -0.25) is 0 Å². The molecule has 0 fully saturated rings. The molecule has 0 heterocycles. The summed E-state index contributed by atoms with van der Waals surface area (Å²) in [5, 5.41) is 29.4. The minimum absolute atomic E-state index is 0.294. The fourth-order valence-electron chi connectivity index (χ4n) is 5.43. The van der Waals surface area contributed by atoms with Crippen molar-refractivity contribution in [3.05, 3.63) is 48.6 Å². The van der Waals surface area contributed by atoms with Crippen molar-refractivity contribution in [2.75, 3.05) is 0 Å². The molecule has 0 aromatic heterocycles. The van der Waals surface area contributed by atoms with E-state index in [2.05, 4.69) is 59.8 Å². The van der Waals surface area contributed by atoms with Crippen molar-refractivity contribution in [2.45, 2.75) is 192 Å². The molecule has 0 amide bonds. The molecule has 272 valence electrons. The van der Waals surface area contributed by atoms with Crippen LogP contribution in [-0.4, -0.2) is 33.6 Å². The summed E-state index contributed by atoms with van der Waals surface area (Å²) >= 11 is 0. The molecule has 49 heavy (non-hydrogen) atoms. The summed E-state index contributed by atoms with van der Waals surface area (Å²) in [7, 11) is 0. The molecular weight excluding hydrogens is 601 g/mol. The molecule has 0 saturated carbocycles. The molecule has 3 N–H and O–H groups in total. The summed E-state index contributed by atoms with van der Waals surface area (Å²) in [6.07, 6.45) is 55.6. The van der Waals surface area contributed by atoms with Crippen molar-refractivity contribution in [3.8, 4) is 48.4 Å². The molecule has 0 aliphatic rings. The van der Waals surface area contributed by atoms with Gasteiger partial charge in [0.25, 0.3) is 0 Å². The van der Waals surface area contributed by atoms with Gasteiger partial charge < -0.3 is 15.3 Å². The van der Waals surface area contributed by atoms with Crippen LogP contribution in [0.5, 0.6) is 0 Å². The van der Waals surface area contributed by atoms with Crippen molar-refractivity contribution >= 4 is 0 Å².